The average molecular weight is 483 g/mol. The number of aromatic nitrogens is 1. The van der Waals surface area contributed by atoms with Crippen LogP contribution in [0.1, 0.15) is 30.7 Å². The van der Waals surface area contributed by atoms with E-state index in [0.717, 1.165) is 18.0 Å². The summed E-state index contributed by atoms with van der Waals surface area (Å²) in [5, 5.41) is 7.53. The molecule has 0 aliphatic rings. The molecule has 0 unspecified atom stereocenters. The zero-order valence-electron chi connectivity index (χ0n) is 15.9. The summed E-state index contributed by atoms with van der Waals surface area (Å²) in [7, 11) is 3.44. The lowest BCUT2D eigenvalue weighted by atomic mass is 10.2. The van der Waals surface area contributed by atoms with Crippen molar-refractivity contribution in [3.63, 3.8) is 0 Å². The highest BCUT2D eigenvalue weighted by Gasteiger charge is 2.19. The maximum Gasteiger partial charge on any atom is 0.410 e. The highest BCUT2D eigenvalue weighted by Crippen LogP contribution is 2.11. The van der Waals surface area contributed by atoms with E-state index in [9.17, 15) is 4.79 Å². The first kappa shape index (κ1) is 23.9. The molecular formula is C16H30IN5O2S. The van der Waals surface area contributed by atoms with Gasteiger partial charge < -0.3 is 20.3 Å². The topological polar surface area (TPSA) is 78.9 Å². The number of guanidine groups is 1. The molecule has 0 bridgehead atoms. The number of carbonyl (C=O) groups is 1. The molecule has 0 aliphatic carbocycles. The van der Waals surface area contributed by atoms with Crippen LogP contribution >= 0.6 is 35.3 Å². The summed E-state index contributed by atoms with van der Waals surface area (Å²) in [5.41, 5.74) is -0.482. The molecule has 1 rings (SSSR count). The van der Waals surface area contributed by atoms with Crippen molar-refractivity contribution < 1.29 is 9.53 Å². The van der Waals surface area contributed by atoms with Crippen molar-refractivity contribution in [1.82, 2.24) is 20.5 Å². The van der Waals surface area contributed by atoms with E-state index in [2.05, 4.69) is 27.5 Å². The lowest BCUT2D eigenvalue weighted by Gasteiger charge is -2.24. The van der Waals surface area contributed by atoms with Gasteiger partial charge in [0.25, 0.3) is 0 Å². The van der Waals surface area contributed by atoms with Gasteiger partial charge in [0.1, 0.15) is 5.60 Å². The summed E-state index contributed by atoms with van der Waals surface area (Å²) in [5.74, 6) is 0.709. The lowest BCUT2D eigenvalue weighted by Crippen LogP contribution is -2.43. The van der Waals surface area contributed by atoms with Gasteiger partial charge in [-0.1, -0.05) is 0 Å². The third-order valence-electron chi connectivity index (χ3n) is 2.97. The summed E-state index contributed by atoms with van der Waals surface area (Å²) in [6.07, 6.45) is 2.42. The molecule has 0 fully saturated rings. The van der Waals surface area contributed by atoms with Gasteiger partial charge in [0, 0.05) is 51.2 Å². The Morgan fingerprint density at radius 2 is 2.00 bits per heavy atom. The van der Waals surface area contributed by atoms with Crippen LogP contribution in [-0.4, -0.2) is 61.3 Å². The molecule has 25 heavy (non-hydrogen) atoms. The molecule has 2 N–H and O–H groups in total. The van der Waals surface area contributed by atoms with Crippen molar-refractivity contribution in [2.24, 2.45) is 4.99 Å². The number of rotatable bonds is 6. The fraction of sp³-hybridized carbons (Fsp3) is 0.688. The molecule has 0 radical (unpaired) electrons. The Labute approximate surface area is 171 Å². The van der Waals surface area contributed by atoms with Gasteiger partial charge in [0.15, 0.2) is 5.96 Å². The summed E-state index contributed by atoms with van der Waals surface area (Å²) >= 11 is 1.71. The second-order valence-corrected chi connectivity index (χ2v) is 7.76. The van der Waals surface area contributed by atoms with Crippen LogP contribution in [-0.2, 0) is 11.2 Å². The summed E-state index contributed by atoms with van der Waals surface area (Å²) in [6, 6.07) is 0. The maximum atomic E-state index is 11.9. The minimum Gasteiger partial charge on any atom is -0.444 e. The molecule has 0 aliphatic heterocycles. The van der Waals surface area contributed by atoms with E-state index in [1.807, 2.05) is 27.0 Å². The first-order valence-electron chi connectivity index (χ1n) is 8.01. The van der Waals surface area contributed by atoms with Crippen molar-refractivity contribution in [3.05, 3.63) is 16.1 Å². The molecule has 1 aromatic heterocycles. The van der Waals surface area contributed by atoms with Crippen LogP contribution in [0.25, 0.3) is 0 Å². The van der Waals surface area contributed by atoms with Crippen LogP contribution < -0.4 is 10.6 Å². The van der Waals surface area contributed by atoms with Gasteiger partial charge in [0.05, 0.1) is 5.01 Å². The van der Waals surface area contributed by atoms with Crippen LogP contribution in [0.5, 0.6) is 0 Å². The fourth-order valence-corrected chi connectivity index (χ4v) is 2.59. The highest BCUT2D eigenvalue weighted by molar-refractivity contribution is 14.0. The molecule has 7 nitrogen and oxygen atoms in total. The van der Waals surface area contributed by atoms with Crippen LogP contribution in [0, 0.1) is 6.92 Å². The zero-order chi connectivity index (χ0) is 18.2. The number of ether oxygens (including phenoxy) is 1. The minimum atomic E-state index is -0.482. The predicted molar refractivity (Wildman–Crippen MR) is 114 cm³/mol. The number of likely N-dealkylation sites (N-methyl/N-ethyl adjacent to an activating group) is 1. The maximum absolute atomic E-state index is 11.9. The number of hydrogen-bond acceptors (Lipinski definition) is 5. The molecular weight excluding hydrogens is 453 g/mol. The van der Waals surface area contributed by atoms with E-state index in [0.29, 0.717) is 19.0 Å². The molecule has 1 amide bonds. The second kappa shape index (κ2) is 11.5. The molecule has 0 saturated heterocycles. The molecule has 1 aromatic rings. The average Bonchev–Trinajstić information content (AvgIpc) is 2.89. The lowest BCUT2D eigenvalue weighted by molar-refractivity contribution is 0.0302. The standard InChI is InChI=1S/C16H29N5O2S.HI/c1-12-11-20-13(24-12)7-8-18-14(17-5)19-9-10-21(6)15(22)23-16(2,3)4;/h11H,7-10H2,1-6H3,(H2,17,18,19);1H. The number of hydrogen-bond donors (Lipinski definition) is 2. The van der Waals surface area contributed by atoms with Gasteiger partial charge in [-0.15, -0.1) is 35.3 Å². The number of aryl methyl sites for hydroxylation is 1. The van der Waals surface area contributed by atoms with E-state index in [1.165, 1.54) is 4.88 Å². The van der Waals surface area contributed by atoms with Crippen LogP contribution in [0.15, 0.2) is 11.2 Å². The van der Waals surface area contributed by atoms with Crippen LogP contribution in [0.3, 0.4) is 0 Å². The molecule has 0 atom stereocenters. The van der Waals surface area contributed by atoms with E-state index in [1.54, 1.807) is 30.3 Å². The second-order valence-electron chi connectivity index (χ2n) is 6.44. The fourth-order valence-electron chi connectivity index (χ4n) is 1.80. The van der Waals surface area contributed by atoms with Crippen molar-refractivity contribution >= 4 is 47.4 Å². The Bertz CT molecular complexity index is 557. The summed E-state index contributed by atoms with van der Waals surface area (Å²) in [4.78, 5) is 23.1. The van der Waals surface area contributed by atoms with Gasteiger partial charge in [-0.05, 0) is 27.7 Å². The molecule has 1 heterocycles. The summed E-state index contributed by atoms with van der Waals surface area (Å²) < 4.78 is 5.31. The smallest absolute Gasteiger partial charge is 0.410 e. The third-order valence-corrected chi connectivity index (χ3v) is 3.94. The largest absolute Gasteiger partial charge is 0.444 e. The molecule has 0 spiro atoms. The summed E-state index contributed by atoms with van der Waals surface area (Å²) in [6.45, 7) is 9.49. The highest BCUT2D eigenvalue weighted by atomic mass is 127. The number of carbonyl (C=O) groups excluding carboxylic acids is 1. The monoisotopic (exact) mass is 483 g/mol. The molecule has 0 saturated carbocycles. The van der Waals surface area contributed by atoms with Gasteiger partial charge in [-0.25, -0.2) is 9.78 Å². The van der Waals surface area contributed by atoms with E-state index in [4.69, 9.17) is 4.74 Å². The minimum absolute atomic E-state index is 0. The number of nitrogens with zero attached hydrogens (tertiary/aromatic N) is 3. The normalized spacial score (nSPS) is 11.5. The third kappa shape index (κ3) is 10.5. The molecule has 0 aromatic carbocycles. The number of thiazole rings is 1. The van der Waals surface area contributed by atoms with Crippen molar-refractivity contribution in [2.45, 2.75) is 39.7 Å². The van der Waals surface area contributed by atoms with Gasteiger partial charge in [-0.2, -0.15) is 0 Å². The zero-order valence-corrected chi connectivity index (χ0v) is 19.0. The Hall–Kier alpha value is -1.10. The van der Waals surface area contributed by atoms with Gasteiger partial charge in [0.2, 0.25) is 0 Å². The number of halogens is 1. The van der Waals surface area contributed by atoms with E-state index >= 15 is 0 Å². The van der Waals surface area contributed by atoms with Gasteiger partial charge in [-0.3, -0.25) is 4.99 Å². The van der Waals surface area contributed by atoms with Crippen molar-refractivity contribution in [1.29, 1.82) is 0 Å². The number of aliphatic imine (C=N–C) groups is 1. The Balaban J connectivity index is 0.00000576. The molecule has 144 valence electrons. The van der Waals surface area contributed by atoms with Gasteiger partial charge >= 0.3 is 6.09 Å². The number of nitrogens with one attached hydrogen (secondary N) is 2. The van der Waals surface area contributed by atoms with Crippen molar-refractivity contribution in [3.8, 4) is 0 Å². The number of amides is 1. The molecule has 9 heteroatoms. The quantitative estimate of drug-likeness (QED) is 0.370. The van der Waals surface area contributed by atoms with E-state index < -0.39 is 5.60 Å². The Morgan fingerprint density at radius 3 is 2.52 bits per heavy atom. The van der Waals surface area contributed by atoms with E-state index in [-0.39, 0.29) is 30.1 Å². The SMILES string of the molecule is CN=C(NCCc1ncc(C)s1)NCCN(C)C(=O)OC(C)(C)C.I. The van der Waals surface area contributed by atoms with Crippen LogP contribution in [0.2, 0.25) is 0 Å². The van der Waals surface area contributed by atoms with Crippen LogP contribution in [0.4, 0.5) is 4.79 Å². The first-order chi connectivity index (χ1) is 11.2. The van der Waals surface area contributed by atoms with Crippen molar-refractivity contribution in [2.75, 3.05) is 33.7 Å². The Kier molecular flexibility index (Phi) is 11.0. The first-order valence-corrected chi connectivity index (χ1v) is 8.83. The predicted octanol–water partition coefficient (Wildman–Crippen LogP) is 2.64. The Morgan fingerprint density at radius 1 is 1.36 bits per heavy atom.